The molecule has 1 atom stereocenters. The lowest BCUT2D eigenvalue weighted by molar-refractivity contribution is -0.135. The summed E-state index contributed by atoms with van der Waals surface area (Å²) in [6, 6.07) is 18.0. The quantitative estimate of drug-likeness (QED) is 0.120. The summed E-state index contributed by atoms with van der Waals surface area (Å²) in [5.74, 6) is -1.15. The molecule has 4 amide bonds. The minimum atomic E-state index is -3.58. The number of nitrogens with zero attached hydrogens (tertiary/aromatic N) is 5. The van der Waals surface area contributed by atoms with Crippen molar-refractivity contribution >= 4 is 66.7 Å². The number of thiazole rings is 1. The van der Waals surface area contributed by atoms with Gasteiger partial charge in [-0.3, -0.25) is 33.6 Å². The number of rotatable bonds is 15. The van der Waals surface area contributed by atoms with Crippen molar-refractivity contribution < 1.29 is 27.6 Å². The number of anilines is 2. The topological polar surface area (TPSA) is 185 Å². The molecule has 2 fully saturated rings. The van der Waals surface area contributed by atoms with Crippen molar-refractivity contribution in [2.75, 3.05) is 50.0 Å². The molecule has 3 aromatic carbocycles. The molecule has 4 heterocycles. The van der Waals surface area contributed by atoms with E-state index in [2.05, 4.69) is 49.9 Å². The maximum absolute atomic E-state index is 13.1. The Morgan fingerprint density at radius 3 is 2.52 bits per heavy atom. The number of nitrogens with one attached hydrogen (secondary N) is 3. The number of imide groups is 1. The summed E-state index contributed by atoms with van der Waals surface area (Å²) in [4.78, 5) is 72.5. The molecular formula is C45H54N8O7S2. The molecule has 3 N–H and O–H groups in total. The first-order valence-electron chi connectivity index (χ1n) is 21.0. The Bertz CT molecular complexity index is 2680. The third-order valence-electron chi connectivity index (χ3n) is 11.9. The summed E-state index contributed by atoms with van der Waals surface area (Å²) in [6.45, 7) is 8.42. The number of amides is 4. The second-order valence-corrected chi connectivity index (χ2v) is 20.0. The zero-order valence-corrected chi connectivity index (χ0v) is 37.4. The van der Waals surface area contributed by atoms with Crippen LogP contribution in [0.15, 0.2) is 75.7 Å². The molecule has 1 unspecified atom stereocenters. The van der Waals surface area contributed by atoms with Crippen molar-refractivity contribution in [3.63, 3.8) is 0 Å². The van der Waals surface area contributed by atoms with Gasteiger partial charge in [0.2, 0.25) is 17.7 Å². The van der Waals surface area contributed by atoms with Crippen LogP contribution in [0.1, 0.15) is 73.5 Å². The number of hydrogen-bond donors (Lipinski definition) is 3. The van der Waals surface area contributed by atoms with Gasteiger partial charge in [-0.05, 0) is 120 Å². The van der Waals surface area contributed by atoms with Gasteiger partial charge in [-0.2, -0.15) is 0 Å². The van der Waals surface area contributed by atoms with E-state index in [1.165, 1.54) is 22.0 Å². The van der Waals surface area contributed by atoms with E-state index >= 15 is 0 Å². The lowest BCUT2D eigenvalue weighted by Crippen LogP contribution is -2.44. The third kappa shape index (κ3) is 9.85. The van der Waals surface area contributed by atoms with Gasteiger partial charge in [-0.1, -0.05) is 24.3 Å². The molecule has 62 heavy (non-hydrogen) atoms. The Morgan fingerprint density at radius 1 is 1.00 bits per heavy atom. The largest absolute Gasteiger partial charge is 0.371 e. The van der Waals surface area contributed by atoms with E-state index in [0.29, 0.717) is 28.6 Å². The maximum Gasteiger partial charge on any atom is 0.329 e. The smallest absolute Gasteiger partial charge is 0.329 e. The van der Waals surface area contributed by atoms with Crippen LogP contribution < -0.4 is 26.5 Å². The number of benzene rings is 3. The van der Waals surface area contributed by atoms with E-state index in [-0.39, 0.29) is 35.0 Å². The standard InChI is InChI=1S/C45H54N8O7S2/c1-28(2)62(59,60)39-24-33(13-11-29(39)3)42(56)46-25-41(55)49-44-47-35(27-61-44)32-9-6-10-34(23-32)52-20-17-31(18-21-52)26-50(4)19-7-8-30-12-14-36-38(22-30)51(5)45(58)53(36)37-15-16-40(54)48-43(37)57/h6,9-14,22-24,27-28,31,37H,7-8,15-21,25-26H2,1-5H3,(H,46,56)(H,47,49,55)(H,48,54,57). The number of fused-ring (bicyclic) bond motifs is 1. The Morgan fingerprint density at radius 2 is 1.77 bits per heavy atom. The number of imidazole rings is 1. The Labute approximate surface area is 365 Å². The normalized spacial score (nSPS) is 16.3. The number of carbonyl (C=O) groups excluding carboxylic acids is 4. The molecule has 5 aromatic rings. The molecule has 0 spiro atoms. The molecule has 0 aliphatic carbocycles. The molecule has 0 bridgehead atoms. The van der Waals surface area contributed by atoms with Gasteiger partial charge in [-0.15, -0.1) is 11.3 Å². The number of aromatic nitrogens is 3. The lowest BCUT2D eigenvalue weighted by atomic mass is 9.95. The molecule has 0 radical (unpaired) electrons. The van der Waals surface area contributed by atoms with E-state index in [1.54, 1.807) is 44.5 Å². The molecule has 2 aromatic heterocycles. The second kappa shape index (κ2) is 18.8. The van der Waals surface area contributed by atoms with E-state index in [4.69, 9.17) is 0 Å². The SMILES string of the molecule is Cc1ccc(C(=O)NCC(=O)Nc2nc(-c3cccc(N4CCC(CN(C)CCCc5ccc6c(c5)n(C)c(=O)n6C5CCC(=O)NC5=O)CC4)c3)cs2)cc1S(=O)(=O)C(C)C. The first-order chi connectivity index (χ1) is 29.6. The number of aryl methyl sites for hydroxylation is 3. The highest BCUT2D eigenvalue weighted by Gasteiger charge is 2.31. The average Bonchev–Trinajstić information content (AvgIpc) is 3.81. The maximum atomic E-state index is 13.1. The van der Waals surface area contributed by atoms with Crippen LogP contribution >= 0.6 is 11.3 Å². The zero-order chi connectivity index (χ0) is 44.3. The minimum Gasteiger partial charge on any atom is -0.371 e. The number of hydrogen-bond acceptors (Lipinski definition) is 11. The van der Waals surface area contributed by atoms with Crippen LogP contribution in [0.3, 0.4) is 0 Å². The van der Waals surface area contributed by atoms with Crippen LogP contribution in [0.5, 0.6) is 0 Å². The van der Waals surface area contributed by atoms with Crippen LogP contribution in [0.25, 0.3) is 22.3 Å². The van der Waals surface area contributed by atoms with Crippen molar-refractivity contribution in [3.05, 3.63) is 93.2 Å². The Kier molecular flexibility index (Phi) is 13.4. The van der Waals surface area contributed by atoms with Crippen LogP contribution in [-0.4, -0.2) is 96.1 Å². The van der Waals surface area contributed by atoms with Crippen molar-refractivity contribution in [2.45, 2.75) is 75.5 Å². The van der Waals surface area contributed by atoms with Gasteiger partial charge >= 0.3 is 5.69 Å². The monoisotopic (exact) mass is 882 g/mol. The highest BCUT2D eigenvalue weighted by molar-refractivity contribution is 7.92. The molecule has 7 rings (SSSR count). The average molecular weight is 883 g/mol. The van der Waals surface area contributed by atoms with Crippen LogP contribution in [0, 0.1) is 12.8 Å². The first kappa shape index (κ1) is 44.4. The second-order valence-electron chi connectivity index (χ2n) is 16.7. The van der Waals surface area contributed by atoms with Crippen LogP contribution in [0.4, 0.5) is 10.8 Å². The molecule has 15 nitrogen and oxygen atoms in total. The number of carbonyl (C=O) groups is 4. The van der Waals surface area contributed by atoms with E-state index in [1.807, 2.05) is 35.7 Å². The highest BCUT2D eigenvalue weighted by Crippen LogP contribution is 2.31. The van der Waals surface area contributed by atoms with Crippen molar-refractivity contribution in [1.82, 2.24) is 29.7 Å². The highest BCUT2D eigenvalue weighted by atomic mass is 32.2. The molecule has 2 saturated heterocycles. The third-order valence-corrected chi connectivity index (χ3v) is 15.0. The first-order valence-corrected chi connectivity index (χ1v) is 23.5. The van der Waals surface area contributed by atoms with E-state index in [9.17, 15) is 32.4 Å². The summed E-state index contributed by atoms with van der Waals surface area (Å²) in [5, 5.41) is 9.35. The van der Waals surface area contributed by atoms with Crippen molar-refractivity contribution in [1.29, 1.82) is 0 Å². The van der Waals surface area contributed by atoms with Gasteiger partial charge in [0, 0.05) is 55.3 Å². The van der Waals surface area contributed by atoms with E-state index in [0.717, 1.165) is 79.9 Å². The molecular weight excluding hydrogens is 829 g/mol. The fraction of sp³-hybridized carbons (Fsp3) is 0.422. The Hall–Kier alpha value is -5.65. The van der Waals surface area contributed by atoms with Gasteiger partial charge in [0.05, 0.1) is 33.4 Å². The lowest BCUT2D eigenvalue weighted by Gasteiger charge is -2.35. The van der Waals surface area contributed by atoms with Crippen molar-refractivity contribution in [3.8, 4) is 11.3 Å². The summed E-state index contributed by atoms with van der Waals surface area (Å²) in [6.07, 6.45) is 4.51. The van der Waals surface area contributed by atoms with Gasteiger partial charge in [-0.25, -0.2) is 18.2 Å². The van der Waals surface area contributed by atoms with Crippen LogP contribution in [-0.2, 0) is 37.7 Å². The summed E-state index contributed by atoms with van der Waals surface area (Å²) < 4.78 is 28.6. The summed E-state index contributed by atoms with van der Waals surface area (Å²) in [7, 11) is 0.316. The van der Waals surface area contributed by atoms with Crippen LogP contribution in [0.2, 0.25) is 0 Å². The van der Waals surface area contributed by atoms with Gasteiger partial charge < -0.3 is 20.4 Å². The molecule has 328 valence electrons. The minimum absolute atomic E-state index is 0.105. The summed E-state index contributed by atoms with van der Waals surface area (Å²) >= 11 is 1.30. The predicted molar refractivity (Wildman–Crippen MR) is 241 cm³/mol. The van der Waals surface area contributed by atoms with Gasteiger partial charge in [0.15, 0.2) is 15.0 Å². The molecule has 0 saturated carbocycles. The fourth-order valence-electron chi connectivity index (χ4n) is 8.31. The fourth-order valence-corrected chi connectivity index (χ4v) is 10.4. The van der Waals surface area contributed by atoms with Gasteiger partial charge in [0.25, 0.3) is 5.91 Å². The zero-order valence-electron chi connectivity index (χ0n) is 35.8. The summed E-state index contributed by atoms with van der Waals surface area (Å²) in [5.41, 5.74) is 5.87. The van der Waals surface area contributed by atoms with E-state index < -0.39 is 38.9 Å². The molecule has 17 heteroatoms. The van der Waals surface area contributed by atoms with Crippen molar-refractivity contribution in [2.24, 2.45) is 13.0 Å². The molecule has 2 aliphatic heterocycles. The van der Waals surface area contributed by atoms with Gasteiger partial charge in [0.1, 0.15) is 6.04 Å². The predicted octanol–water partition coefficient (Wildman–Crippen LogP) is 5.08. The number of piperidine rings is 2. The number of sulfone groups is 1. The molecule has 2 aliphatic rings. The Balaban J connectivity index is 0.854.